The van der Waals surface area contributed by atoms with Crippen LogP contribution in [0.4, 0.5) is 0 Å². The number of hydrogen-bond acceptors (Lipinski definition) is 0. The molecule has 0 aromatic heterocycles. The van der Waals surface area contributed by atoms with Crippen molar-refractivity contribution in [3.63, 3.8) is 0 Å². The molecule has 0 N–H and O–H groups in total. The van der Waals surface area contributed by atoms with Gasteiger partial charge in [0, 0.05) is 0 Å². The summed E-state index contributed by atoms with van der Waals surface area (Å²) in [4.78, 5) is 0. The molecule has 16 aromatic rings. The van der Waals surface area contributed by atoms with Gasteiger partial charge in [0.25, 0.3) is 0 Å². The van der Waals surface area contributed by atoms with Crippen molar-refractivity contribution in [3.05, 3.63) is 216 Å². The lowest BCUT2D eigenvalue weighted by Gasteiger charge is -2.23. The minimum absolute atomic E-state index is 1.26. The zero-order chi connectivity index (χ0) is 51.5. The van der Waals surface area contributed by atoms with Gasteiger partial charge in [-0.2, -0.15) is 0 Å². The highest BCUT2D eigenvalue weighted by Crippen LogP contribution is 2.62. The number of rotatable bonds is 3. The predicted molar refractivity (Wildman–Crippen MR) is 335 cm³/mol. The maximum atomic E-state index is 4.72. The highest BCUT2D eigenvalue weighted by molar-refractivity contribution is 6.51. The van der Waals surface area contributed by atoms with Crippen LogP contribution in [0.3, 0.4) is 0 Å². The molecule has 1 aliphatic carbocycles. The van der Waals surface area contributed by atoms with E-state index in [0.29, 0.717) is 0 Å². The molecule has 1 aliphatic rings. The van der Waals surface area contributed by atoms with E-state index in [4.69, 9.17) is 6.42 Å². The Bertz CT molecular complexity index is 5200. The van der Waals surface area contributed by atoms with E-state index in [-0.39, 0.29) is 0 Å². The summed E-state index contributed by atoms with van der Waals surface area (Å²) in [5.74, 6) is 7.08. The van der Waals surface area contributed by atoms with Gasteiger partial charge in [0.2, 0.25) is 0 Å². The number of hydrogen-bond donors (Lipinski definition) is 0. The van der Waals surface area contributed by atoms with Crippen LogP contribution in [0.15, 0.2) is 194 Å². The summed E-state index contributed by atoms with van der Waals surface area (Å²) in [6.07, 6.45) is 4.72. The Morgan fingerprint density at radius 3 is 1.26 bits per heavy atom. The van der Waals surface area contributed by atoms with Gasteiger partial charge in [-0.15, -0.1) is 6.42 Å². The van der Waals surface area contributed by atoms with Crippen LogP contribution in [0.25, 0.3) is 174 Å². The minimum Gasteiger partial charge on any atom is -0.106 e. The average Bonchev–Trinajstić information content (AvgIpc) is 3.16. The summed E-state index contributed by atoms with van der Waals surface area (Å²) in [7, 11) is 0. The molecule has 0 fully saturated rings. The largest absolute Gasteiger partial charge is 0.106 e. The first kappa shape index (κ1) is 43.7. The van der Waals surface area contributed by atoms with Crippen LogP contribution in [0.1, 0.15) is 29.2 Å². The fourth-order valence-electron chi connectivity index (χ4n) is 14.7. The first-order chi connectivity index (χ1) is 37.8. The van der Waals surface area contributed by atoms with Gasteiger partial charge in [0.05, 0.1) is 0 Å². The lowest BCUT2D eigenvalue weighted by atomic mass is 9.80. The zero-order valence-corrected chi connectivity index (χ0v) is 43.6. The first-order valence-electron chi connectivity index (χ1n) is 26.9. The van der Waals surface area contributed by atoms with E-state index >= 15 is 0 Å². The van der Waals surface area contributed by atoms with Gasteiger partial charge in [0.15, 0.2) is 0 Å². The van der Waals surface area contributed by atoms with Crippen molar-refractivity contribution in [1.82, 2.24) is 0 Å². The number of fused-ring (bicyclic) bond motifs is 14. The fourth-order valence-corrected chi connectivity index (χ4v) is 14.7. The van der Waals surface area contributed by atoms with E-state index in [1.165, 1.54) is 196 Å². The lowest BCUT2D eigenvalue weighted by Crippen LogP contribution is -1.97. The number of terminal acetylenes is 1. The molecule has 0 saturated carbocycles. The average molecular weight is 973 g/mol. The summed E-state index contributed by atoms with van der Waals surface area (Å²) >= 11 is 0. The fraction of sp³-hybridized carbons (Fsp3) is 0.0649. The third-order valence-corrected chi connectivity index (χ3v) is 17.5. The molecule has 0 aliphatic heterocycles. The SMILES string of the molecule is C#CC#CC.Cc1ccc(-c2c3c(c(-c4ccc(C)cc4C)c4cc5ccccc5cc24)-c2ccc4c5ccc6c7c(ccc(c8ccc-3c2c84)c57)c2c(-c3ccccc3)c3cccc4c5ccccc5c(c34)c62)c(C)c1. The van der Waals surface area contributed by atoms with Crippen LogP contribution in [-0.2, 0) is 0 Å². The van der Waals surface area contributed by atoms with Gasteiger partial charge >= 0.3 is 0 Å². The first-order valence-corrected chi connectivity index (χ1v) is 26.9. The topological polar surface area (TPSA) is 0 Å². The van der Waals surface area contributed by atoms with Gasteiger partial charge < -0.3 is 0 Å². The third kappa shape index (κ3) is 5.75. The molecule has 356 valence electrons. The second-order valence-electron chi connectivity index (χ2n) is 21.7. The van der Waals surface area contributed by atoms with Crippen LogP contribution in [-0.4, -0.2) is 0 Å². The molecule has 0 bridgehead atoms. The maximum Gasteiger partial charge on any atom is -0.000696 e. The standard InChI is InChI=1S/C72H44.C5H4/c1-37-21-23-44(39(3)33-37)61-58-35-42-15-8-9-16-43(42)36-59(58)62(45-24-22-38(2)34-40(45)4)71-56-31-27-51-52-28-32-57-66-54(29-25-49(63(52)66)50-26-30-55(70(61)71)67(56)64(50)51)69-60(41-13-6-5-7-14-41)53-20-12-19-47-46-17-10-11-18-48(46)68(65(47)53)72(57)69;1-3-5-4-2/h5-36H,1-4H3;1H,2H3. The van der Waals surface area contributed by atoms with E-state index in [1.54, 1.807) is 6.92 Å². The maximum absolute atomic E-state index is 4.72. The second-order valence-corrected chi connectivity index (χ2v) is 21.7. The quantitative estimate of drug-likeness (QED) is 0.0940. The molecule has 17 rings (SSSR count). The normalized spacial score (nSPS) is 12.1. The Morgan fingerprint density at radius 2 is 0.701 bits per heavy atom. The van der Waals surface area contributed by atoms with Gasteiger partial charge in [-0.1, -0.05) is 199 Å². The van der Waals surface area contributed by atoms with Crippen molar-refractivity contribution in [1.29, 1.82) is 0 Å². The Balaban J connectivity index is 0.000000955. The minimum atomic E-state index is 1.26. The summed E-state index contributed by atoms with van der Waals surface area (Å²) < 4.78 is 0. The van der Waals surface area contributed by atoms with E-state index < -0.39 is 0 Å². The molecule has 0 nitrogen and oxygen atoms in total. The molecule has 0 unspecified atom stereocenters. The van der Waals surface area contributed by atoms with Crippen molar-refractivity contribution in [2.45, 2.75) is 34.6 Å². The van der Waals surface area contributed by atoms with Crippen molar-refractivity contribution in [3.8, 4) is 79.8 Å². The van der Waals surface area contributed by atoms with Crippen molar-refractivity contribution in [2.24, 2.45) is 0 Å². The lowest BCUT2D eigenvalue weighted by molar-refractivity contribution is 1.38. The van der Waals surface area contributed by atoms with Crippen molar-refractivity contribution in [2.75, 3.05) is 0 Å². The Hall–Kier alpha value is -9.72. The van der Waals surface area contributed by atoms with Crippen LogP contribution in [0.5, 0.6) is 0 Å². The third-order valence-electron chi connectivity index (χ3n) is 17.5. The zero-order valence-electron chi connectivity index (χ0n) is 43.6. The summed E-state index contributed by atoms with van der Waals surface area (Å²) in [6.45, 7) is 10.7. The van der Waals surface area contributed by atoms with Crippen molar-refractivity contribution >= 4 is 118 Å². The highest BCUT2D eigenvalue weighted by atomic mass is 14.4. The van der Waals surface area contributed by atoms with Gasteiger partial charge in [0.1, 0.15) is 0 Å². The molecule has 0 radical (unpaired) electrons. The van der Waals surface area contributed by atoms with E-state index in [9.17, 15) is 0 Å². The second kappa shape index (κ2) is 15.9. The van der Waals surface area contributed by atoms with Gasteiger partial charge in [-0.3, -0.25) is 0 Å². The smallest absolute Gasteiger partial charge is 0.000696 e. The predicted octanol–water partition coefficient (Wildman–Crippen LogP) is 21.2. The summed E-state index contributed by atoms with van der Waals surface area (Å²) in [6, 6.07) is 75.1. The Labute approximate surface area is 446 Å². The molecule has 0 spiro atoms. The molecular weight excluding hydrogens is 925 g/mol. The van der Waals surface area contributed by atoms with Gasteiger partial charge in [-0.05, 0) is 244 Å². The Morgan fingerprint density at radius 1 is 0.286 bits per heavy atom. The molecule has 0 saturated heterocycles. The molecule has 0 heteroatoms. The van der Waals surface area contributed by atoms with E-state index in [1.807, 2.05) is 0 Å². The molecule has 0 atom stereocenters. The molecule has 16 aromatic carbocycles. The van der Waals surface area contributed by atoms with E-state index in [2.05, 4.69) is 240 Å². The number of aryl methyl sites for hydroxylation is 4. The van der Waals surface area contributed by atoms with Crippen LogP contribution in [0, 0.1) is 51.9 Å². The van der Waals surface area contributed by atoms with Crippen LogP contribution < -0.4 is 0 Å². The highest BCUT2D eigenvalue weighted by Gasteiger charge is 2.34. The number of benzene rings is 14. The van der Waals surface area contributed by atoms with Gasteiger partial charge in [-0.25, -0.2) is 0 Å². The molecular formula is C77H48. The molecule has 77 heavy (non-hydrogen) atoms. The van der Waals surface area contributed by atoms with E-state index in [0.717, 1.165) is 0 Å². The summed E-state index contributed by atoms with van der Waals surface area (Å²) in [5, 5.41) is 29.5. The van der Waals surface area contributed by atoms with Crippen LogP contribution in [0.2, 0.25) is 0 Å². The monoisotopic (exact) mass is 972 g/mol. The molecule has 0 heterocycles. The summed E-state index contributed by atoms with van der Waals surface area (Å²) in [5.41, 5.74) is 18.4. The van der Waals surface area contributed by atoms with Crippen molar-refractivity contribution < 1.29 is 0 Å². The Kier molecular flexibility index (Phi) is 9.02. The van der Waals surface area contributed by atoms with Crippen LogP contribution >= 0.6 is 0 Å². The molecule has 0 amide bonds.